The average Bonchev–Trinajstić information content (AvgIpc) is 2.54. The Morgan fingerprint density at radius 2 is 2.15 bits per heavy atom. The summed E-state index contributed by atoms with van der Waals surface area (Å²) in [4.78, 5) is 14.2. The molecule has 0 saturated carbocycles. The Hall–Kier alpha value is -0.770. The van der Waals surface area contributed by atoms with E-state index in [2.05, 4.69) is 6.92 Å². The van der Waals surface area contributed by atoms with E-state index >= 15 is 0 Å². The lowest BCUT2D eigenvalue weighted by molar-refractivity contribution is -0.133. The second-order valence-corrected chi connectivity index (χ2v) is 6.10. The number of rotatable bonds is 3. The van der Waals surface area contributed by atoms with Crippen molar-refractivity contribution in [2.75, 3.05) is 6.54 Å². The Kier molecular flexibility index (Phi) is 5.30. The average molecular weight is 315 g/mol. The van der Waals surface area contributed by atoms with Crippen molar-refractivity contribution in [3.05, 3.63) is 33.8 Å². The molecule has 0 radical (unpaired) electrons. The van der Waals surface area contributed by atoms with Crippen molar-refractivity contribution in [1.82, 2.24) is 4.90 Å². The van der Waals surface area contributed by atoms with Crippen molar-refractivity contribution in [1.29, 1.82) is 0 Å². The summed E-state index contributed by atoms with van der Waals surface area (Å²) in [6.07, 6.45) is 3.10. The Morgan fingerprint density at radius 1 is 1.40 bits per heavy atom. The summed E-state index contributed by atoms with van der Waals surface area (Å²) in [7, 11) is 0. The van der Waals surface area contributed by atoms with Crippen LogP contribution in [0.3, 0.4) is 0 Å². The minimum Gasteiger partial charge on any atom is -0.334 e. The molecule has 20 heavy (non-hydrogen) atoms. The van der Waals surface area contributed by atoms with Crippen molar-refractivity contribution in [3.63, 3.8) is 0 Å². The van der Waals surface area contributed by atoms with Crippen molar-refractivity contribution >= 4 is 29.1 Å². The summed E-state index contributed by atoms with van der Waals surface area (Å²) < 4.78 is 0. The molecule has 0 aliphatic carbocycles. The summed E-state index contributed by atoms with van der Waals surface area (Å²) in [6, 6.07) is 5.06. The molecule has 1 aliphatic rings. The van der Waals surface area contributed by atoms with Crippen molar-refractivity contribution in [3.8, 4) is 0 Å². The quantitative estimate of drug-likeness (QED) is 0.922. The van der Waals surface area contributed by atoms with Gasteiger partial charge in [-0.1, -0.05) is 30.1 Å². The van der Waals surface area contributed by atoms with E-state index in [0.717, 1.165) is 24.8 Å². The van der Waals surface area contributed by atoms with E-state index in [1.807, 2.05) is 11.0 Å². The van der Waals surface area contributed by atoms with Crippen LogP contribution in [0.15, 0.2) is 18.2 Å². The van der Waals surface area contributed by atoms with Gasteiger partial charge in [0.25, 0.3) is 0 Å². The van der Waals surface area contributed by atoms with Crippen LogP contribution in [-0.4, -0.2) is 23.4 Å². The molecule has 0 spiro atoms. The van der Waals surface area contributed by atoms with Crippen LogP contribution >= 0.6 is 23.2 Å². The van der Waals surface area contributed by atoms with Crippen LogP contribution in [0.2, 0.25) is 10.0 Å². The molecule has 5 heteroatoms. The summed E-state index contributed by atoms with van der Waals surface area (Å²) in [5.41, 5.74) is 7.17. The number of halogens is 2. The third-order valence-electron chi connectivity index (χ3n) is 3.73. The van der Waals surface area contributed by atoms with Gasteiger partial charge >= 0.3 is 0 Å². The summed E-state index contributed by atoms with van der Waals surface area (Å²) in [5.74, 6) is 0.154. The van der Waals surface area contributed by atoms with E-state index in [4.69, 9.17) is 28.9 Å². The molecule has 1 heterocycles. The first kappa shape index (κ1) is 15.6. The van der Waals surface area contributed by atoms with Crippen molar-refractivity contribution in [2.24, 2.45) is 5.73 Å². The van der Waals surface area contributed by atoms with E-state index in [0.29, 0.717) is 23.0 Å². The highest BCUT2D eigenvalue weighted by molar-refractivity contribution is 6.33. The largest absolute Gasteiger partial charge is 0.334 e. The number of benzene rings is 1. The first-order valence-corrected chi connectivity index (χ1v) is 7.80. The number of nitrogens with two attached hydrogens (primary N) is 1. The van der Waals surface area contributed by atoms with Crippen molar-refractivity contribution in [2.45, 2.75) is 44.7 Å². The normalized spacial score (nSPS) is 23.8. The number of hydrogen-bond donors (Lipinski definition) is 1. The lowest BCUT2D eigenvalue weighted by Gasteiger charge is -2.34. The molecule has 2 atom stereocenters. The monoisotopic (exact) mass is 314 g/mol. The molecule has 1 fully saturated rings. The highest BCUT2D eigenvalue weighted by Gasteiger charge is 2.33. The predicted molar refractivity (Wildman–Crippen MR) is 83.0 cm³/mol. The van der Waals surface area contributed by atoms with Crippen LogP contribution in [0, 0.1) is 0 Å². The van der Waals surface area contributed by atoms with E-state index in [9.17, 15) is 4.79 Å². The molecular weight excluding hydrogens is 295 g/mol. The highest BCUT2D eigenvalue weighted by Crippen LogP contribution is 2.35. The maximum Gasteiger partial charge on any atom is 0.223 e. The smallest absolute Gasteiger partial charge is 0.223 e. The van der Waals surface area contributed by atoms with Crippen LogP contribution in [0.4, 0.5) is 0 Å². The van der Waals surface area contributed by atoms with Gasteiger partial charge in [0.05, 0.1) is 6.04 Å². The van der Waals surface area contributed by atoms with Crippen LogP contribution in [0.1, 0.15) is 44.2 Å². The Balaban J connectivity index is 2.45. The maximum atomic E-state index is 12.3. The third kappa shape index (κ3) is 3.27. The van der Waals surface area contributed by atoms with Gasteiger partial charge in [0, 0.05) is 29.1 Å². The van der Waals surface area contributed by atoms with Crippen LogP contribution in [-0.2, 0) is 4.79 Å². The summed E-state index contributed by atoms with van der Waals surface area (Å²) in [6.45, 7) is 2.75. The molecule has 1 aromatic carbocycles. The zero-order valence-corrected chi connectivity index (χ0v) is 13.1. The molecule has 1 aromatic rings. The van der Waals surface area contributed by atoms with Crippen molar-refractivity contribution < 1.29 is 4.79 Å². The van der Waals surface area contributed by atoms with Gasteiger partial charge in [0.1, 0.15) is 0 Å². The fraction of sp³-hybridized carbons (Fsp3) is 0.533. The van der Waals surface area contributed by atoms with Crippen LogP contribution in [0.5, 0.6) is 0 Å². The van der Waals surface area contributed by atoms with Crippen LogP contribution in [0.25, 0.3) is 0 Å². The molecule has 0 bridgehead atoms. The standard InChI is InChI=1S/C15H20Cl2N2O/c1-2-8-19-14(20)5-3-4-13(18)15(19)11-9-10(16)6-7-12(11)17/h6-7,9,13,15H,2-5,8,18H2,1H3. The molecule has 1 aliphatic heterocycles. The van der Waals surface area contributed by atoms with Gasteiger partial charge in [0.15, 0.2) is 0 Å². The van der Waals surface area contributed by atoms with E-state index < -0.39 is 0 Å². The maximum absolute atomic E-state index is 12.3. The Labute approximate surface area is 130 Å². The molecule has 2 unspecified atom stereocenters. The molecule has 1 amide bonds. The van der Waals surface area contributed by atoms with E-state index in [1.54, 1.807) is 12.1 Å². The zero-order chi connectivity index (χ0) is 14.7. The minimum absolute atomic E-state index is 0.107. The highest BCUT2D eigenvalue weighted by atomic mass is 35.5. The fourth-order valence-electron chi connectivity index (χ4n) is 2.82. The topological polar surface area (TPSA) is 46.3 Å². The molecule has 0 aromatic heterocycles. The first-order valence-electron chi connectivity index (χ1n) is 7.04. The van der Waals surface area contributed by atoms with Gasteiger partial charge in [-0.2, -0.15) is 0 Å². The SMILES string of the molecule is CCCN1C(=O)CCCC(N)C1c1cc(Cl)ccc1Cl. The number of likely N-dealkylation sites (tertiary alicyclic amines) is 1. The second-order valence-electron chi connectivity index (χ2n) is 5.25. The minimum atomic E-state index is -0.184. The number of amides is 1. The van der Waals surface area contributed by atoms with Gasteiger partial charge in [0.2, 0.25) is 5.91 Å². The van der Waals surface area contributed by atoms with Gasteiger partial charge < -0.3 is 10.6 Å². The Bertz CT molecular complexity index is 493. The third-order valence-corrected chi connectivity index (χ3v) is 4.31. The molecular formula is C15H20Cl2N2O. The summed E-state index contributed by atoms with van der Waals surface area (Å²) in [5, 5.41) is 1.23. The number of carbonyl (C=O) groups is 1. The molecule has 110 valence electrons. The van der Waals surface area contributed by atoms with E-state index in [1.165, 1.54) is 0 Å². The lowest BCUT2D eigenvalue weighted by atomic mass is 9.96. The Morgan fingerprint density at radius 3 is 2.85 bits per heavy atom. The van der Waals surface area contributed by atoms with Gasteiger partial charge in [-0.3, -0.25) is 4.79 Å². The molecule has 2 rings (SSSR count). The molecule has 2 N–H and O–H groups in total. The number of nitrogens with zero attached hydrogens (tertiary/aromatic N) is 1. The van der Waals surface area contributed by atoms with Gasteiger partial charge in [-0.15, -0.1) is 0 Å². The molecule has 1 saturated heterocycles. The molecule has 3 nitrogen and oxygen atoms in total. The first-order chi connectivity index (χ1) is 9.54. The lowest BCUT2D eigenvalue weighted by Crippen LogP contribution is -2.42. The van der Waals surface area contributed by atoms with Crippen LogP contribution < -0.4 is 5.73 Å². The number of hydrogen-bond acceptors (Lipinski definition) is 2. The zero-order valence-electron chi connectivity index (χ0n) is 11.6. The second kappa shape index (κ2) is 6.79. The van der Waals surface area contributed by atoms with E-state index in [-0.39, 0.29) is 18.0 Å². The van der Waals surface area contributed by atoms with Gasteiger partial charge in [-0.25, -0.2) is 0 Å². The van der Waals surface area contributed by atoms with Gasteiger partial charge in [-0.05, 0) is 43.0 Å². The predicted octanol–water partition coefficient (Wildman–Crippen LogP) is 3.78. The fourth-order valence-corrected chi connectivity index (χ4v) is 3.23. The number of carbonyl (C=O) groups excluding carboxylic acids is 1. The summed E-state index contributed by atoms with van der Waals surface area (Å²) >= 11 is 12.4.